The molecule has 2 aromatic rings. The molecule has 0 radical (unpaired) electrons. The molecule has 1 aliphatic carbocycles. The number of amides is 1. The number of sulfonamides is 1. The van der Waals surface area contributed by atoms with Gasteiger partial charge in [0.1, 0.15) is 28.0 Å². The zero-order chi connectivity index (χ0) is 22.5. The van der Waals surface area contributed by atoms with Gasteiger partial charge in [-0.15, -0.1) is 0 Å². The first-order valence-electron chi connectivity index (χ1n) is 8.59. The molecular weight excluding hydrogens is 428 g/mol. The third kappa shape index (κ3) is 3.78. The summed E-state index contributed by atoms with van der Waals surface area (Å²) in [7, 11) is -3.19. The summed E-state index contributed by atoms with van der Waals surface area (Å²) >= 11 is 0. The van der Waals surface area contributed by atoms with Gasteiger partial charge in [-0.2, -0.15) is 23.2 Å². The number of benzene rings is 1. The van der Waals surface area contributed by atoms with Crippen molar-refractivity contribution in [1.82, 2.24) is 9.29 Å². The number of rotatable bonds is 5. The summed E-state index contributed by atoms with van der Waals surface area (Å²) in [5.74, 6) is -1.55. The van der Waals surface area contributed by atoms with Crippen molar-refractivity contribution in [2.75, 3.05) is 5.32 Å². The van der Waals surface area contributed by atoms with Crippen LogP contribution in [0.3, 0.4) is 0 Å². The lowest BCUT2D eigenvalue weighted by Gasteiger charge is -2.20. The maximum absolute atomic E-state index is 13.4. The fourth-order valence-corrected chi connectivity index (χ4v) is 4.82. The van der Waals surface area contributed by atoms with Gasteiger partial charge in [0.25, 0.3) is 5.91 Å². The van der Waals surface area contributed by atoms with Crippen molar-refractivity contribution in [3.8, 4) is 6.07 Å². The molecule has 1 aromatic heterocycles. The lowest BCUT2D eigenvalue weighted by Crippen LogP contribution is -2.47. The summed E-state index contributed by atoms with van der Waals surface area (Å²) in [6.07, 6.45) is -4.41. The SMILES string of the molecule is Cc1c(S(=O)(=O)NC2(C(F)(F)F)CC2)cn(C)c1C(=O)Nc1ccc(F)c(C#N)c1. The number of hydrogen-bond donors (Lipinski definition) is 2. The first-order valence-corrected chi connectivity index (χ1v) is 10.1. The summed E-state index contributed by atoms with van der Waals surface area (Å²) in [5.41, 5.74) is -2.86. The number of aromatic nitrogens is 1. The van der Waals surface area contributed by atoms with Gasteiger partial charge in [0, 0.05) is 18.9 Å². The average Bonchev–Trinajstić information content (AvgIpc) is 3.34. The number of alkyl halides is 3. The number of nitriles is 1. The molecule has 0 atom stereocenters. The Morgan fingerprint density at radius 2 is 1.93 bits per heavy atom. The highest BCUT2D eigenvalue weighted by molar-refractivity contribution is 7.89. The minimum atomic E-state index is -4.73. The fourth-order valence-electron chi connectivity index (χ4n) is 3.08. The molecule has 0 spiro atoms. The number of carbonyl (C=O) groups is 1. The molecule has 12 heteroatoms. The van der Waals surface area contributed by atoms with Crippen molar-refractivity contribution in [2.45, 2.75) is 36.4 Å². The third-order valence-corrected chi connectivity index (χ3v) is 6.51. The summed E-state index contributed by atoms with van der Waals surface area (Å²) in [5, 5.41) is 11.3. The van der Waals surface area contributed by atoms with E-state index in [4.69, 9.17) is 5.26 Å². The Labute approximate surface area is 169 Å². The molecule has 1 heterocycles. The Morgan fingerprint density at radius 3 is 2.47 bits per heavy atom. The van der Waals surface area contributed by atoms with Crippen LogP contribution in [-0.4, -0.2) is 30.6 Å². The minimum absolute atomic E-state index is 0.0527. The highest BCUT2D eigenvalue weighted by Gasteiger charge is 2.65. The monoisotopic (exact) mass is 444 g/mol. The van der Waals surface area contributed by atoms with E-state index in [1.54, 1.807) is 10.8 Å². The van der Waals surface area contributed by atoms with Crippen molar-refractivity contribution in [1.29, 1.82) is 5.26 Å². The Bertz CT molecular complexity index is 1180. The number of anilines is 1. The molecule has 30 heavy (non-hydrogen) atoms. The van der Waals surface area contributed by atoms with Gasteiger partial charge in [-0.1, -0.05) is 0 Å². The number of hydrogen-bond acceptors (Lipinski definition) is 4. The van der Waals surface area contributed by atoms with Crippen molar-refractivity contribution >= 4 is 21.6 Å². The number of nitrogens with one attached hydrogen (secondary N) is 2. The Hall–Kier alpha value is -2.91. The van der Waals surface area contributed by atoms with Crippen LogP contribution in [0.25, 0.3) is 0 Å². The van der Waals surface area contributed by atoms with Gasteiger partial charge in [0.05, 0.1) is 5.56 Å². The second-order valence-electron chi connectivity index (χ2n) is 7.02. The highest BCUT2D eigenvalue weighted by Crippen LogP contribution is 2.49. The summed E-state index contributed by atoms with van der Waals surface area (Å²) in [6.45, 7) is 1.29. The second-order valence-corrected chi connectivity index (χ2v) is 8.67. The van der Waals surface area contributed by atoms with Gasteiger partial charge in [-0.05, 0) is 43.5 Å². The standard InChI is InChI=1S/C18H16F4N4O3S/c1-10-14(30(28,29)25-17(5-6-17)18(20,21)22)9-26(2)15(10)16(27)24-12-3-4-13(19)11(7-12)8-23/h3-4,7,9,25H,5-6H2,1-2H3,(H,24,27). The van der Waals surface area contributed by atoms with Crippen LogP contribution in [0, 0.1) is 24.1 Å². The van der Waals surface area contributed by atoms with Crippen LogP contribution in [0.4, 0.5) is 23.2 Å². The molecule has 1 saturated carbocycles. The first kappa shape index (κ1) is 21.8. The maximum atomic E-state index is 13.4. The smallest absolute Gasteiger partial charge is 0.345 e. The highest BCUT2D eigenvalue weighted by atomic mass is 32.2. The van der Waals surface area contributed by atoms with E-state index in [0.29, 0.717) is 0 Å². The van der Waals surface area contributed by atoms with E-state index in [0.717, 1.165) is 18.3 Å². The van der Waals surface area contributed by atoms with Crippen LogP contribution in [0.1, 0.15) is 34.5 Å². The summed E-state index contributed by atoms with van der Waals surface area (Å²) in [6, 6.07) is 4.92. The number of halogens is 4. The molecule has 0 bridgehead atoms. The summed E-state index contributed by atoms with van der Waals surface area (Å²) < 4.78 is 80.9. The van der Waals surface area contributed by atoms with Crippen LogP contribution < -0.4 is 10.0 Å². The van der Waals surface area contributed by atoms with Crippen LogP contribution >= 0.6 is 0 Å². The van der Waals surface area contributed by atoms with Crippen LogP contribution in [0.2, 0.25) is 0 Å². The number of nitrogens with zero attached hydrogens (tertiary/aromatic N) is 2. The van der Waals surface area contributed by atoms with Crippen molar-refractivity contribution < 1.29 is 30.8 Å². The van der Waals surface area contributed by atoms with E-state index in [9.17, 15) is 30.8 Å². The zero-order valence-corrected chi connectivity index (χ0v) is 16.6. The van der Waals surface area contributed by atoms with Gasteiger partial charge in [0.15, 0.2) is 0 Å². The molecule has 3 rings (SSSR count). The average molecular weight is 444 g/mol. The van der Waals surface area contributed by atoms with E-state index in [1.165, 1.54) is 24.6 Å². The number of aryl methyl sites for hydroxylation is 1. The van der Waals surface area contributed by atoms with Gasteiger partial charge in [-0.25, -0.2) is 12.8 Å². The normalized spacial score (nSPS) is 15.5. The minimum Gasteiger partial charge on any atom is -0.345 e. The zero-order valence-electron chi connectivity index (χ0n) is 15.8. The van der Waals surface area contributed by atoms with E-state index < -0.39 is 38.4 Å². The first-order chi connectivity index (χ1) is 13.8. The molecule has 160 valence electrons. The summed E-state index contributed by atoms with van der Waals surface area (Å²) in [4.78, 5) is 12.2. The molecule has 1 aliphatic rings. The molecule has 2 N–H and O–H groups in total. The van der Waals surface area contributed by atoms with E-state index >= 15 is 0 Å². The number of carbonyl (C=O) groups excluding carboxylic acids is 1. The molecular formula is C18H16F4N4O3S. The molecule has 1 aromatic carbocycles. The Morgan fingerprint density at radius 1 is 1.30 bits per heavy atom. The topological polar surface area (TPSA) is 104 Å². The molecule has 1 fully saturated rings. The Kier molecular flexibility index (Phi) is 5.16. The van der Waals surface area contributed by atoms with Crippen LogP contribution in [-0.2, 0) is 17.1 Å². The van der Waals surface area contributed by atoms with Gasteiger partial charge in [-0.3, -0.25) is 4.79 Å². The quantitative estimate of drug-likeness (QED) is 0.692. The fraction of sp³-hybridized carbons (Fsp3) is 0.333. The molecule has 7 nitrogen and oxygen atoms in total. The van der Waals surface area contributed by atoms with Gasteiger partial charge >= 0.3 is 6.18 Å². The van der Waals surface area contributed by atoms with Crippen molar-refractivity contribution in [3.63, 3.8) is 0 Å². The van der Waals surface area contributed by atoms with E-state index in [2.05, 4.69) is 5.32 Å². The van der Waals surface area contributed by atoms with E-state index in [-0.39, 0.29) is 35.3 Å². The predicted octanol–water partition coefficient (Wildman–Crippen LogP) is 2.97. The Balaban J connectivity index is 1.90. The van der Waals surface area contributed by atoms with Gasteiger partial charge in [0.2, 0.25) is 10.0 Å². The van der Waals surface area contributed by atoms with Crippen LogP contribution in [0.5, 0.6) is 0 Å². The van der Waals surface area contributed by atoms with Crippen LogP contribution in [0.15, 0.2) is 29.3 Å². The predicted molar refractivity (Wildman–Crippen MR) is 97.6 cm³/mol. The lowest BCUT2D eigenvalue weighted by atomic mass is 10.2. The van der Waals surface area contributed by atoms with E-state index in [1.807, 2.05) is 0 Å². The lowest BCUT2D eigenvalue weighted by molar-refractivity contribution is -0.160. The molecule has 0 unspecified atom stereocenters. The third-order valence-electron chi connectivity index (χ3n) is 4.86. The van der Waals surface area contributed by atoms with Crippen molar-refractivity contribution in [2.24, 2.45) is 7.05 Å². The largest absolute Gasteiger partial charge is 0.407 e. The maximum Gasteiger partial charge on any atom is 0.407 e. The second kappa shape index (κ2) is 7.10. The molecule has 1 amide bonds. The molecule has 0 aliphatic heterocycles. The van der Waals surface area contributed by atoms with Gasteiger partial charge < -0.3 is 9.88 Å². The van der Waals surface area contributed by atoms with Crippen molar-refractivity contribution in [3.05, 3.63) is 47.0 Å². The molecule has 0 saturated heterocycles.